The highest BCUT2D eigenvalue weighted by atomic mass is 16.5. The van der Waals surface area contributed by atoms with Gasteiger partial charge in [0.25, 0.3) is 0 Å². The molecule has 324 valence electrons. The molecule has 0 aromatic heterocycles. The molecule has 0 amide bonds. The number of methoxy groups -OCH3 is 2. The van der Waals surface area contributed by atoms with Gasteiger partial charge in [0, 0.05) is 50.0 Å². The standard InChI is InChI=1S/C43H77N3O10/c1-26-11-16-43(24-28-12-17-45-38(44)20-28,42(41(51)52)14-5-4-6-15-42)37(46-26)25-55-36-22-29(21-35(54-3)39(36)50)40-31(13-18-47)33(49)23-30(56-40)9-7-27-8-10-32(48)34(19-27)53-2/h26-40,45-50H,4-25,44H2,1-3H3,(H,51,52)/p+1. The number of quaternary nitrogens is 2. The predicted molar refractivity (Wildman–Crippen MR) is 207 cm³/mol. The van der Waals surface area contributed by atoms with E-state index in [2.05, 4.69) is 17.6 Å². The van der Waals surface area contributed by atoms with Crippen LogP contribution in [0.5, 0.6) is 0 Å². The Bertz CT molecular complexity index is 1230. The largest absolute Gasteiger partial charge is 0.550 e. The number of carbonyl (C=O) groups excluding carboxylic acids is 1. The van der Waals surface area contributed by atoms with Crippen molar-refractivity contribution in [3.05, 3.63) is 0 Å². The van der Waals surface area contributed by atoms with Crippen molar-refractivity contribution in [2.75, 3.05) is 34.0 Å². The van der Waals surface area contributed by atoms with Crippen LogP contribution in [0.1, 0.15) is 129 Å². The molecule has 3 saturated heterocycles. The molecule has 0 radical (unpaired) electrons. The van der Waals surface area contributed by atoms with Crippen LogP contribution in [-0.4, -0.2) is 127 Å². The fourth-order valence-corrected chi connectivity index (χ4v) is 12.9. The molecule has 13 nitrogen and oxygen atoms in total. The van der Waals surface area contributed by atoms with E-state index >= 15 is 0 Å². The average Bonchev–Trinajstić information content (AvgIpc) is 3.19. The predicted octanol–water partition coefficient (Wildman–Crippen LogP) is 0.0801. The summed E-state index contributed by atoms with van der Waals surface area (Å²) in [5.41, 5.74) is 5.00. The molecule has 16 atom stereocenters. The average molecular weight is 797 g/mol. The van der Waals surface area contributed by atoms with Crippen molar-refractivity contribution in [3.8, 4) is 0 Å². The Morgan fingerprint density at radius 3 is 2.30 bits per heavy atom. The van der Waals surface area contributed by atoms with Crippen molar-refractivity contribution >= 4 is 5.97 Å². The van der Waals surface area contributed by atoms with Crippen LogP contribution in [0, 0.1) is 34.5 Å². The van der Waals surface area contributed by atoms with E-state index in [4.69, 9.17) is 24.7 Å². The van der Waals surface area contributed by atoms with Crippen molar-refractivity contribution < 1.29 is 59.9 Å². The molecule has 0 aromatic rings. The van der Waals surface area contributed by atoms with E-state index in [1.807, 2.05) is 0 Å². The Morgan fingerprint density at radius 1 is 0.857 bits per heavy atom. The van der Waals surface area contributed by atoms with Gasteiger partial charge in [0.15, 0.2) is 0 Å². The molecule has 3 aliphatic heterocycles. The van der Waals surface area contributed by atoms with E-state index in [-0.39, 0.29) is 49.0 Å². The molecule has 56 heavy (non-hydrogen) atoms. The summed E-state index contributed by atoms with van der Waals surface area (Å²) < 4.78 is 25.3. The summed E-state index contributed by atoms with van der Waals surface area (Å²) in [4.78, 5) is 13.6. The third kappa shape index (κ3) is 9.80. The maximum absolute atomic E-state index is 13.6. The minimum absolute atomic E-state index is 0.0247. The van der Waals surface area contributed by atoms with Crippen molar-refractivity contribution in [2.45, 2.75) is 196 Å². The summed E-state index contributed by atoms with van der Waals surface area (Å²) >= 11 is 0. The highest BCUT2D eigenvalue weighted by Crippen LogP contribution is 2.58. The minimum Gasteiger partial charge on any atom is -0.550 e. The number of aliphatic hydroxyl groups is 4. The molecule has 6 fully saturated rings. The number of piperidine rings is 2. The molecular weight excluding hydrogens is 718 g/mol. The molecule has 16 unspecified atom stereocenters. The summed E-state index contributed by atoms with van der Waals surface area (Å²) in [7, 11) is 3.28. The van der Waals surface area contributed by atoms with Crippen molar-refractivity contribution in [3.63, 3.8) is 0 Å². The van der Waals surface area contributed by atoms with Crippen LogP contribution in [0.3, 0.4) is 0 Å². The first-order chi connectivity index (χ1) is 26.9. The van der Waals surface area contributed by atoms with E-state index < -0.39 is 47.3 Å². The van der Waals surface area contributed by atoms with Gasteiger partial charge in [0.05, 0.1) is 61.9 Å². The normalized spacial score (nSPS) is 45.0. The summed E-state index contributed by atoms with van der Waals surface area (Å²) in [6.07, 6.45) is 11.1. The van der Waals surface area contributed by atoms with Crippen LogP contribution < -0.4 is 21.5 Å². The lowest BCUT2D eigenvalue weighted by atomic mass is 9.48. The number of ether oxygens (including phenoxy) is 4. The van der Waals surface area contributed by atoms with Gasteiger partial charge in [-0.25, -0.2) is 0 Å². The van der Waals surface area contributed by atoms with Gasteiger partial charge in [-0.1, -0.05) is 19.3 Å². The zero-order valence-corrected chi connectivity index (χ0v) is 34.7. The van der Waals surface area contributed by atoms with Gasteiger partial charge >= 0.3 is 0 Å². The molecule has 0 aromatic carbocycles. The lowest BCUT2D eigenvalue weighted by molar-refractivity contribution is -0.747. The van der Waals surface area contributed by atoms with Crippen LogP contribution in [-0.2, 0) is 23.7 Å². The minimum atomic E-state index is -0.940. The first-order valence-corrected chi connectivity index (χ1v) is 22.6. The van der Waals surface area contributed by atoms with E-state index in [1.54, 1.807) is 14.2 Å². The van der Waals surface area contributed by atoms with E-state index in [0.29, 0.717) is 63.0 Å². The van der Waals surface area contributed by atoms with Crippen LogP contribution in [0.2, 0.25) is 0 Å². The highest BCUT2D eigenvalue weighted by Gasteiger charge is 2.61. The zero-order valence-electron chi connectivity index (χ0n) is 34.7. The molecular formula is C43H78N3O10+. The monoisotopic (exact) mass is 797 g/mol. The lowest BCUT2D eigenvalue weighted by Crippen LogP contribution is -3.01. The van der Waals surface area contributed by atoms with Gasteiger partial charge in [0.1, 0.15) is 18.3 Å². The molecule has 6 aliphatic rings. The van der Waals surface area contributed by atoms with Gasteiger partial charge in [-0.3, -0.25) is 5.73 Å². The number of carboxylic acids is 1. The van der Waals surface area contributed by atoms with Gasteiger partial charge in [-0.15, -0.1) is 0 Å². The van der Waals surface area contributed by atoms with Crippen molar-refractivity contribution in [1.82, 2.24) is 0 Å². The molecule has 3 aliphatic carbocycles. The first kappa shape index (κ1) is 44.6. The number of hydrogen-bond acceptors (Lipinski definition) is 11. The topological polar surface area (TPSA) is 217 Å². The lowest BCUT2D eigenvalue weighted by Gasteiger charge is -2.59. The van der Waals surface area contributed by atoms with E-state index in [0.717, 1.165) is 90.0 Å². The molecule has 3 heterocycles. The molecule has 6 rings (SSSR count). The molecule has 10 N–H and O–H groups in total. The molecule has 3 saturated carbocycles. The Labute approximate surface area is 335 Å². The highest BCUT2D eigenvalue weighted by molar-refractivity contribution is 5.74. The Morgan fingerprint density at radius 2 is 1.61 bits per heavy atom. The Balaban J connectivity index is 1.21. The van der Waals surface area contributed by atoms with E-state index in [9.17, 15) is 30.3 Å². The van der Waals surface area contributed by atoms with Crippen LogP contribution in [0.25, 0.3) is 0 Å². The maximum Gasteiger partial charge on any atom is 0.137 e. The zero-order chi connectivity index (χ0) is 40.0. The second-order valence-corrected chi connectivity index (χ2v) is 19.4. The van der Waals surface area contributed by atoms with Crippen LogP contribution >= 0.6 is 0 Å². The fraction of sp³-hybridized carbons (Fsp3) is 0.977. The number of nitrogens with two attached hydrogens (primary N) is 3. The molecule has 0 spiro atoms. The smallest absolute Gasteiger partial charge is 0.137 e. The SMILES string of the molecule is COC1CC(CCC2CC(O)C(CCO)C(C3CC(OC)C(O)C(OCC4[NH2+]C(C)CCC4(CC4CC[NH2+]C(N)C4)C4(C(=O)[O-])CCCCC4)C3)O2)CCC1O. The van der Waals surface area contributed by atoms with Crippen LogP contribution in [0.15, 0.2) is 0 Å². The summed E-state index contributed by atoms with van der Waals surface area (Å²) in [5.74, 6) is -0.506. The third-order valence-corrected chi connectivity index (χ3v) is 16.1. The van der Waals surface area contributed by atoms with Gasteiger partial charge in [-0.2, -0.15) is 0 Å². The molecule has 13 heteroatoms. The number of rotatable bonds is 15. The first-order valence-electron chi connectivity index (χ1n) is 22.6. The van der Waals surface area contributed by atoms with Crippen LogP contribution in [0.4, 0.5) is 0 Å². The summed E-state index contributed by atoms with van der Waals surface area (Å²) in [6, 6.07) is 0.181. The van der Waals surface area contributed by atoms with Gasteiger partial charge < -0.3 is 59.9 Å². The second kappa shape index (κ2) is 20.1. The number of aliphatic carboxylic acids is 1. The van der Waals surface area contributed by atoms with Crippen molar-refractivity contribution in [2.24, 2.45) is 40.2 Å². The Kier molecular flexibility index (Phi) is 16.0. The van der Waals surface area contributed by atoms with Gasteiger partial charge in [0.2, 0.25) is 0 Å². The fourth-order valence-electron chi connectivity index (χ4n) is 12.9. The van der Waals surface area contributed by atoms with Crippen molar-refractivity contribution in [1.29, 1.82) is 0 Å². The summed E-state index contributed by atoms with van der Waals surface area (Å²) in [5, 5.41) is 61.9. The quantitative estimate of drug-likeness (QED) is 0.118. The number of hydrogen-bond donors (Lipinski definition) is 7. The maximum atomic E-state index is 13.6. The van der Waals surface area contributed by atoms with E-state index in [1.165, 1.54) is 0 Å². The molecule has 0 bridgehead atoms. The third-order valence-electron chi connectivity index (χ3n) is 16.1. The number of aliphatic hydroxyl groups excluding tert-OH is 4. The second-order valence-electron chi connectivity index (χ2n) is 19.4. The number of carboxylic acid groups (broad SMARTS) is 1. The van der Waals surface area contributed by atoms with Gasteiger partial charge in [-0.05, 0) is 121 Å². The summed E-state index contributed by atoms with van der Waals surface area (Å²) in [6.45, 7) is 3.42. The number of carbonyl (C=O) groups is 1. The Hall–Kier alpha value is -0.970.